The molecule has 0 aliphatic heterocycles. The molecule has 154 valence electrons. The van der Waals surface area contributed by atoms with Gasteiger partial charge < -0.3 is 15.8 Å². The third-order valence-corrected chi connectivity index (χ3v) is 3.97. The fourth-order valence-electron chi connectivity index (χ4n) is 2.75. The number of anilines is 1. The molecule has 0 aliphatic rings. The van der Waals surface area contributed by atoms with Crippen LogP contribution in [0.2, 0.25) is 0 Å². The first-order chi connectivity index (χ1) is 13.4. The molecule has 0 radical (unpaired) electrons. The molecule has 0 unspecified atom stereocenters. The highest BCUT2D eigenvalue weighted by atomic mass is 127. The molecular formula is C21H27IN6O. The van der Waals surface area contributed by atoms with Crippen molar-refractivity contribution in [2.24, 2.45) is 10.7 Å². The van der Waals surface area contributed by atoms with Crippen LogP contribution in [0.5, 0.6) is 5.75 Å². The van der Waals surface area contributed by atoms with Crippen LogP contribution in [0.3, 0.4) is 0 Å². The number of aryl methyl sites for hydroxylation is 2. The first kappa shape index (κ1) is 22.7. The highest BCUT2D eigenvalue weighted by Crippen LogP contribution is 2.17. The summed E-state index contributed by atoms with van der Waals surface area (Å²) in [7, 11) is 0. The highest BCUT2D eigenvalue weighted by molar-refractivity contribution is 14.0. The average Bonchev–Trinajstić information content (AvgIpc) is 3.00. The molecule has 7 nitrogen and oxygen atoms in total. The SMILES string of the molecule is Cc1cc(C)n(-c2ccc(CN=C(N)Nc3ccc(OC(C)C)cc3)cn2)n1.I. The molecule has 3 aromatic rings. The van der Waals surface area contributed by atoms with Gasteiger partial charge in [-0.3, -0.25) is 0 Å². The standard InChI is InChI=1S/C21H26N6O.HI/c1-14(2)28-19-8-6-18(7-9-19)25-21(22)24-13-17-5-10-20(23-12-17)27-16(4)11-15(3)26-27;/h5-12,14H,13H2,1-4H3,(H3,22,24,25);1H. The zero-order chi connectivity index (χ0) is 20.1. The van der Waals surface area contributed by atoms with Crippen molar-refractivity contribution in [1.29, 1.82) is 0 Å². The Morgan fingerprint density at radius 1 is 1.17 bits per heavy atom. The molecule has 29 heavy (non-hydrogen) atoms. The van der Waals surface area contributed by atoms with Crippen molar-refractivity contribution < 1.29 is 4.74 Å². The quantitative estimate of drug-likeness (QED) is 0.297. The second-order valence-electron chi connectivity index (χ2n) is 6.88. The molecule has 0 bridgehead atoms. The summed E-state index contributed by atoms with van der Waals surface area (Å²) < 4.78 is 7.45. The third kappa shape index (κ3) is 6.45. The van der Waals surface area contributed by atoms with Crippen LogP contribution in [0.25, 0.3) is 5.82 Å². The van der Waals surface area contributed by atoms with Gasteiger partial charge in [0.05, 0.1) is 18.3 Å². The van der Waals surface area contributed by atoms with Crippen LogP contribution in [-0.2, 0) is 6.54 Å². The summed E-state index contributed by atoms with van der Waals surface area (Å²) in [4.78, 5) is 8.85. The fourth-order valence-corrected chi connectivity index (χ4v) is 2.75. The molecule has 2 aromatic heterocycles. The number of nitrogens with two attached hydrogens (primary N) is 1. The number of rotatable bonds is 6. The van der Waals surface area contributed by atoms with Gasteiger partial charge in [0.25, 0.3) is 0 Å². The van der Waals surface area contributed by atoms with Crippen LogP contribution >= 0.6 is 24.0 Å². The number of nitrogens with zero attached hydrogens (tertiary/aromatic N) is 4. The molecule has 0 spiro atoms. The molecule has 0 fully saturated rings. The van der Waals surface area contributed by atoms with Crippen LogP contribution in [0, 0.1) is 13.8 Å². The Morgan fingerprint density at radius 2 is 1.90 bits per heavy atom. The molecule has 0 saturated heterocycles. The normalized spacial score (nSPS) is 11.3. The summed E-state index contributed by atoms with van der Waals surface area (Å²) in [6, 6.07) is 13.5. The van der Waals surface area contributed by atoms with E-state index in [0.29, 0.717) is 12.5 Å². The molecule has 0 amide bonds. The number of pyridine rings is 1. The summed E-state index contributed by atoms with van der Waals surface area (Å²) in [6.07, 6.45) is 1.94. The number of halogens is 1. The molecule has 1 aromatic carbocycles. The minimum absolute atomic E-state index is 0. The van der Waals surface area contributed by atoms with Crippen molar-refractivity contribution in [2.45, 2.75) is 40.3 Å². The van der Waals surface area contributed by atoms with E-state index in [2.05, 4.69) is 20.4 Å². The lowest BCUT2D eigenvalue weighted by Gasteiger charge is -2.11. The van der Waals surface area contributed by atoms with Gasteiger partial charge in [-0.05, 0) is 69.7 Å². The van der Waals surface area contributed by atoms with E-state index in [9.17, 15) is 0 Å². The zero-order valence-corrected chi connectivity index (χ0v) is 19.4. The van der Waals surface area contributed by atoms with Gasteiger partial charge in [-0.25, -0.2) is 14.7 Å². The minimum Gasteiger partial charge on any atom is -0.491 e. The van der Waals surface area contributed by atoms with Gasteiger partial charge in [-0.15, -0.1) is 24.0 Å². The maximum absolute atomic E-state index is 5.99. The largest absolute Gasteiger partial charge is 0.491 e. The first-order valence-corrected chi connectivity index (χ1v) is 9.23. The van der Waals surface area contributed by atoms with Gasteiger partial charge in [-0.1, -0.05) is 6.07 Å². The van der Waals surface area contributed by atoms with Gasteiger partial charge >= 0.3 is 0 Å². The van der Waals surface area contributed by atoms with Crippen molar-refractivity contribution in [3.63, 3.8) is 0 Å². The Hall–Kier alpha value is -2.62. The van der Waals surface area contributed by atoms with E-state index in [0.717, 1.165) is 34.2 Å². The zero-order valence-electron chi connectivity index (χ0n) is 17.1. The number of benzene rings is 1. The maximum Gasteiger partial charge on any atom is 0.193 e. The summed E-state index contributed by atoms with van der Waals surface area (Å²) in [5, 5.41) is 7.52. The van der Waals surface area contributed by atoms with Gasteiger partial charge in [0, 0.05) is 17.6 Å². The Morgan fingerprint density at radius 3 is 2.45 bits per heavy atom. The topological polar surface area (TPSA) is 90.4 Å². The Kier molecular flexibility index (Phi) is 8.00. The van der Waals surface area contributed by atoms with Crippen molar-refractivity contribution >= 4 is 35.6 Å². The molecular weight excluding hydrogens is 479 g/mol. The lowest BCUT2D eigenvalue weighted by molar-refractivity contribution is 0.242. The van der Waals surface area contributed by atoms with Gasteiger partial charge in [0.2, 0.25) is 0 Å². The van der Waals surface area contributed by atoms with Crippen LogP contribution in [0.1, 0.15) is 30.8 Å². The number of aliphatic imine (C=N–C) groups is 1. The first-order valence-electron chi connectivity index (χ1n) is 9.23. The van der Waals surface area contributed by atoms with E-state index < -0.39 is 0 Å². The van der Waals surface area contributed by atoms with Crippen molar-refractivity contribution in [3.8, 4) is 11.6 Å². The van der Waals surface area contributed by atoms with Gasteiger partial charge in [-0.2, -0.15) is 5.10 Å². The summed E-state index contributed by atoms with van der Waals surface area (Å²) >= 11 is 0. The van der Waals surface area contributed by atoms with E-state index in [1.165, 1.54) is 0 Å². The predicted molar refractivity (Wildman–Crippen MR) is 127 cm³/mol. The van der Waals surface area contributed by atoms with E-state index in [-0.39, 0.29) is 30.1 Å². The second kappa shape index (κ2) is 10.2. The Bertz CT molecular complexity index is 948. The van der Waals surface area contributed by atoms with Crippen LogP contribution in [0.4, 0.5) is 5.69 Å². The van der Waals surface area contributed by atoms with Crippen molar-refractivity contribution in [3.05, 3.63) is 65.6 Å². The third-order valence-electron chi connectivity index (χ3n) is 3.97. The number of ether oxygens (including phenoxy) is 1. The molecule has 2 heterocycles. The minimum atomic E-state index is 0. The molecule has 0 atom stereocenters. The van der Waals surface area contributed by atoms with Crippen LogP contribution in [-0.4, -0.2) is 26.8 Å². The smallest absolute Gasteiger partial charge is 0.193 e. The summed E-state index contributed by atoms with van der Waals surface area (Å²) in [5.74, 6) is 1.96. The lowest BCUT2D eigenvalue weighted by Crippen LogP contribution is -2.22. The number of nitrogens with one attached hydrogen (secondary N) is 1. The molecule has 0 aliphatic carbocycles. The number of hydrogen-bond donors (Lipinski definition) is 2. The van der Waals surface area contributed by atoms with Gasteiger partial charge in [0.15, 0.2) is 11.8 Å². The van der Waals surface area contributed by atoms with E-state index in [4.69, 9.17) is 10.5 Å². The average molecular weight is 506 g/mol. The highest BCUT2D eigenvalue weighted by Gasteiger charge is 2.05. The molecule has 0 saturated carbocycles. The summed E-state index contributed by atoms with van der Waals surface area (Å²) in [6.45, 7) is 8.41. The predicted octanol–water partition coefficient (Wildman–Crippen LogP) is 4.22. The maximum atomic E-state index is 5.99. The summed E-state index contributed by atoms with van der Waals surface area (Å²) in [5.41, 5.74) is 9.83. The number of aromatic nitrogens is 3. The number of hydrogen-bond acceptors (Lipinski definition) is 4. The molecule has 3 rings (SSSR count). The monoisotopic (exact) mass is 506 g/mol. The fraction of sp³-hybridized carbons (Fsp3) is 0.286. The Labute approximate surface area is 188 Å². The lowest BCUT2D eigenvalue weighted by atomic mass is 10.3. The number of guanidine groups is 1. The van der Waals surface area contributed by atoms with Crippen molar-refractivity contribution in [2.75, 3.05) is 5.32 Å². The van der Waals surface area contributed by atoms with E-state index >= 15 is 0 Å². The molecule has 3 N–H and O–H groups in total. The van der Waals surface area contributed by atoms with Crippen molar-refractivity contribution in [1.82, 2.24) is 14.8 Å². The second-order valence-corrected chi connectivity index (χ2v) is 6.88. The van der Waals surface area contributed by atoms with Crippen LogP contribution in [0.15, 0.2) is 53.7 Å². The van der Waals surface area contributed by atoms with E-state index in [1.807, 2.05) is 74.8 Å². The van der Waals surface area contributed by atoms with Gasteiger partial charge in [0.1, 0.15) is 5.75 Å². The van der Waals surface area contributed by atoms with E-state index in [1.54, 1.807) is 6.20 Å². The molecule has 8 heteroatoms. The van der Waals surface area contributed by atoms with Crippen LogP contribution < -0.4 is 15.8 Å². The Balaban J connectivity index is 0.00000300.